The number of aliphatic hydroxyl groups excluding tert-OH is 1. The molecule has 3 aromatic rings. The third kappa shape index (κ3) is 12.4. The Labute approximate surface area is 344 Å². The van der Waals surface area contributed by atoms with E-state index >= 15 is 0 Å². The monoisotopic (exact) mass is 795 g/mol. The van der Waals surface area contributed by atoms with Gasteiger partial charge in [-0.05, 0) is 94.0 Å². The smallest absolute Gasteiger partial charge is 0.237 e. The van der Waals surface area contributed by atoms with Crippen LogP contribution in [0.25, 0.3) is 0 Å². The summed E-state index contributed by atoms with van der Waals surface area (Å²) in [5.41, 5.74) is 10.5. The van der Waals surface area contributed by atoms with Crippen LogP contribution in [-0.4, -0.2) is 58.0 Å². The van der Waals surface area contributed by atoms with Crippen molar-refractivity contribution < 1.29 is 29.0 Å². The van der Waals surface area contributed by atoms with Crippen LogP contribution in [-0.2, 0) is 37.0 Å². The van der Waals surface area contributed by atoms with Crippen LogP contribution in [0.15, 0.2) is 72.8 Å². The van der Waals surface area contributed by atoms with Crippen molar-refractivity contribution in [3.8, 4) is 0 Å². The van der Waals surface area contributed by atoms with Crippen LogP contribution in [0.2, 0.25) is 0 Å². The fraction of sp³-hybridized carbons (Fsp3) is 0.553. The fourth-order valence-corrected chi connectivity index (χ4v) is 8.83. The Morgan fingerprint density at radius 2 is 1.47 bits per heavy atom. The number of hydrogen-bond acceptors (Lipinski definition) is 8. The van der Waals surface area contributed by atoms with Gasteiger partial charge in [0.1, 0.15) is 0 Å². The quantitative estimate of drug-likeness (QED) is 0.0726. The van der Waals surface area contributed by atoms with Gasteiger partial charge in [0.2, 0.25) is 17.7 Å². The largest absolute Gasteiger partial charge is 0.397 e. The number of aliphatic hydroxyl groups is 1. The molecule has 0 unspecified atom stereocenters. The van der Waals surface area contributed by atoms with Gasteiger partial charge in [-0.15, -0.1) is 0 Å². The van der Waals surface area contributed by atoms with Gasteiger partial charge in [0.05, 0.1) is 36.2 Å². The average Bonchev–Trinajstić information content (AvgIpc) is 3.21. The average molecular weight is 796 g/mol. The predicted octanol–water partition coefficient (Wildman–Crippen LogP) is 7.84. The molecule has 58 heavy (non-hydrogen) atoms. The molecule has 0 aromatic heterocycles. The van der Waals surface area contributed by atoms with E-state index in [-0.39, 0.29) is 48.1 Å². The lowest BCUT2D eigenvalue weighted by atomic mass is 9.75. The molecule has 314 valence electrons. The van der Waals surface area contributed by atoms with Crippen molar-refractivity contribution in [2.24, 2.45) is 5.92 Å². The molecule has 3 fully saturated rings. The summed E-state index contributed by atoms with van der Waals surface area (Å²) >= 11 is 0. The van der Waals surface area contributed by atoms with Crippen molar-refractivity contribution in [2.75, 3.05) is 17.6 Å². The number of carbonyl (C=O) groups excluding carboxylic acids is 3. The zero-order chi connectivity index (χ0) is 41.1. The van der Waals surface area contributed by atoms with Gasteiger partial charge in [0.25, 0.3) is 0 Å². The van der Waals surface area contributed by atoms with Gasteiger partial charge >= 0.3 is 0 Å². The highest BCUT2D eigenvalue weighted by Gasteiger charge is 2.44. The number of para-hydroxylation sites is 2. The topological polar surface area (TPSA) is 155 Å². The molecule has 1 aliphatic carbocycles. The van der Waals surface area contributed by atoms with Gasteiger partial charge in [-0.1, -0.05) is 86.3 Å². The zero-order valence-electron chi connectivity index (χ0n) is 34.7. The first kappa shape index (κ1) is 43.3. The van der Waals surface area contributed by atoms with E-state index in [1.54, 1.807) is 12.1 Å². The van der Waals surface area contributed by atoms with E-state index in [9.17, 15) is 19.5 Å². The number of anilines is 2. The van der Waals surface area contributed by atoms with Gasteiger partial charge in [-0.3, -0.25) is 19.3 Å². The number of likely N-dealkylation sites (tertiary alicyclic amines) is 1. The number of nitrogens with two attached hydrogens (primary N) is 1. The SMILES string of the molecule is CC(C)(C)NC(=O)[C@H]1CC[C@H]2CCCC[C@H]2N1C[C@H]1C[C@@H](c2ccc(CO)cc2)O[C@@H](c2ccc(CNC(=O)CCCCCCC(=O)Nc3ccccc3N)cc2)O1. The van der Waals surface area contributed by atoms with Crippen LogP contribution < -0.4 is 21.7 Å². The molecular formula is C47H65N5O6. The third-order valence-electron chi connectivity index (χ3n) is 11.9. The summed E-state index contributed by atoms with van der Waals surface area (Å²) in [7, 11) is 0. The van der Waals surface area contributed by atoms with E-state index in [0.29, 0.717) is 55.7 Å². The highest BCUT2D eigenvalue weighted by molar-refractivity contribution is 5.93. The van der Waals surface area contributed by atoms with Crippen molar-refractivity contribution in [2.45, 2.75) is 154 Å². The number of ether oxygens (including phenoxy) is 2. The van der Waals surface area contributed by atoms with Crippen molar-refractivity contribution in [3.63, 3.8) is 0 Å². The summed E-state index contributed by atoms with van der Waals surface area (Å²) in [6, 6.07) is 23.4. The summed E-state index contributed by atoms with van der Waals surface area (Å²) in [5.74, 6) is 0.655. The lowest BCUT2D eigenvalue weighted by molar-refractivity contribution is -0.255. The highest BCUT2D eigenvalue weighted by Crippen LogP contribution is 2.42. The van der Waals surface area contributed by atoms with Gasteiger partial charge < -0.3 is 36.3 Å². The van der Waals surface area contributed by atoms with Crippen LogP contribution in [0.5, 0.6) is 0 Å². The molecule has 1 saturated carbocycles. The summed E-state index contributed by atoms with van der Waals surface area (Å²) in [6.45, 7) is 7.18. The number of nitrogens with one attached hydrogen (secondary N) is 3. The van der Waals surface area contributed by atoms with E-state index < -0.39 is 6.29 Å². The first-order chi connectivity index (χ1) is 28.0. The maximum atomic E-state index is 13.8. The van der Waals surface area contributed by atoms with Crippen LogP contribution >= 0.6 is 0 Å². The number of fused-ring (bicyclic) bond motifs is 1. The minimum Gasteiger partial charge on any atom is -0.397 e. The lowest BCUT2D eigenvalue weighted by Crippen LogP contribution is -2.61. The number of nitrogen functional groups attached to an aromatic ring is 1. The van der Waals surface area contributed by atoms with Crippen LogP contribution in [0, 0.1) is 5.92 Å². The molecule has 6 N–H and O–H groups in total. The number of benzene rings is 3. The Morgan fingerprint density at radius 3 is 2.17 bits per heavy atom. The molecule has 2 heterocycles. The molecule has 6 atom stereocenters. The molecular weight excluding hydrogens is 731 g/mol. The Balaban J connectivity index is 1.03. The van der Waals surface area contributed by atoms with E-state index in [0.717, 1.165) is 67.2 Å². The fourth-order valence-electron chi connectivity index (χ4n) is 8.83. The number of rotatable bonds is 16. The molecule has 11 heteroatoms. The Kier molecular flexibility index (Phi) is 15.4. The Morgan fingerprint density at radius 1 is 0.793 bits per heavy atom. The Hall–Kier alpha value is -4.29. The number of hydrogen-bond donors (Lipinski definition) is 5. The summed E-state index contributed by atoms with van der Waals surface area (Å²) in [5, 5.41) is 18.9. The van der Waals surface area contributed by atoms with Gasteiger partial charge in [-0.25, -0.2) is 0 Å². The molecule has 3 amide bonds. The van der Waals surface area contributed by atoms with Crippen molar-refractivity contribution in [1.29, 1.82) is 0 Å². The number of nitrogens with zero attached hydrogens (tertiary/aromatic N) is 1. The van der Waals surface area contributed by atoms with E-state index in [1.165, 1.54) is 19.3 Å². The minimum absolute atomic E-state index is 0.00521. The van der Waals surface area contributed by atoms with Gasteiger partial charge in [-0.2, -0.15) is 0 Å². The molecule has 3 aliphatic rings. The molecule has 11 nitrogen and oxygen atoms in total. The maximum absolute atomic E-state index is 13.8. The number of unbranched alkanes of at least 4 members (excludes halogenated alkanes) is 3. The zero-order valence-corrected chi connectivity index (χ0v) is 34.7. The van der Waals surface area contributed by atoms with Crippen LogP contribution in [0.1, 0.15) is 139 Å². The molecule has 3 aromatic carbocycles. The second-order valence-corrected chi connectivity index (χ2v) is 17.6. The number of amides is 3. The Bertz CT molecular complexity index is 1790. The van der Waals surface area contributed by atoms with E-state index in [4.69, 9.17) is 15.2 Å². The summed E-state index contributed by atoms with van der Waals surface area (Å²) < 4.78 is 13.5. The normalized spacial score (nSPS) is 23.7. The first-order valence-electron chi connectivity index (χ1n) is 21.5. The second-order valence-electron chi connectivity index (χ2n) is 17.6. The van der Waals surface area contributed by atoms with E-state index in [2.05, 4.69) is 20.9 Å². The second kappa shape index (κ2) is 20.6. The molecule has 0 bridgehead atoms. The first-order valence-corrected chi connectivity index (χ1v) is 21.5. The van der Waals surface area contributed by atoms with Crippen LogP contribution in [0.4, 0.5) is 11.4 Å². The third-order valence-corrected chi connectivity index (χ3v) is 11.9. The van der Waals surface area contributed by atoms with Gasteiger partial charge in [0, 0.05) is 49.5 Å². The molecule has 2 aliphatic heterocycles. The molecule has 0 radical (unpaired) electrons. The summed E-state index contributed by atoms with van der Waals surface area (Å²) in [4.78, 5) is 41.2. The van der Waals surface area contributed by atoms with Crippen LogP contribution in [0.3, 0.4) is 0 Å². The van der Waals surface area contributed by atoms with E-state index in [1.807, 2.05) is 81.4 Å². The number of piperidine rings is 1. The molecule has 6 rings (SSSR count). The standard InChI is InChI=1S/C47H65N5O6/c1-47(2,3)51-45(56)41-27-26-34-12-8-11-15-40(34)52(41)30-37-28-42(35-22-20-33(31-53)21-23-35)58-46(57-37)36-24-18-32(19-25-36)29-49-43(54)16-6-4-5-7-17-44(55)50-39-14-10-9-13-38(39)48/h9-10,13-14,18-25,34,37,40-42,46,53H,4-8,11-12,15-17,26-31,48H2,1-3H3,(H,49,54)(H,50,55)(H,51,56)/t34-,37-,40-,41-,42+,46+/m1/s1. The molecule has 2 saturated heterocycles. The van der Waals surface area contributed by atoms with Crippen molar-refractivity contribution >= 4 is 29.1 Å². The van der Waals surface area contributed by atoms with Crippen molar-refractivity contribution in [1.82, 2.24) is 15.5 Å². The number of carbonyl (C=O) groups is 3. The minimum atomic E-state index is -0.610. The van der Waals surface area contributed by atoms with Crippen molar-refractivity contribution in [3.05, 3.63) is 95.1 Å². The highest BCUT2D eigenvalue weighted by atomic mass is 16.7. The van der Waals surface area contributed by atoms with Gasteiger partial charge in [0.15, 0.2) is 6.29 Å². The summed E-state index contributed by atoms with van der Waals surface area (Å²) in [6.07, 6.45) is 10.5. The lowest BCUT2D eigenvalue weighted by Gasteiger charge is -2.50. The maximum Gasteiger partial charge on any atom is 0.237 e. The predicted molar refractivity (Wildman–Crippen MR) is 227 cm³/mol. The molecule has 0 spiro atoms.